The molecule has 0 aromatic heterocycles. The Morgan fingerprint density at radius 3 is 2.67 bits per heavy atom. The molecule has 1 aliphatic heterocycles. The summed E-state index contributed by atoms with van der Waals surface area (Å²) in [4.78, 5) is 19.0. The fourth-order valence-electron chi connectivity index (χ4n) is 2.70. The average molecular weight is 325 g/mol. The Morgan fingerprint density at radius 1 is 1.12 bits per heavy atom. The van der Waals surface area contributed by atoms with Crippen LogP contribution in [0.3, 0.4) is 0 Å². The van der Waals surface area contributed by atoms with Crippen LogP contribution >= 0.6 is 0 Å². The highest BCUT2D eigenvalue weighted by Gasteiger charge is 2.22. The molecule has 6 nitrogen and oxygen atoms in total. The average Bonchev–Trinajstić information content (AvgIpc) is 2.82. The van der Waals surface area contributed by atoms with Crippen LogP contribution in [-0.4, -0.2) is 39.4 Å². The number of nitrogens with zero attached hydrogens (tertiary/aromatic N) is 2. The van der Waals surface area contributed by atoms with Crippen molar-refractivity contribution in [1.82, 2.24) is 0 Å². The Kier molecular flexibility index (Phi) is 4.37. The summed E-state index contributed by atoms with van der Waals surface area (Å²) < 4.78 is 10.5. The van der Waals surface area contributed by atoms with Crippen molar-refractivity contribution in [3.05, 3.63) is 47.5 Å². The van der Waals surface area contributed by atoms with Crippen LogP contribution in [-0.2, 0) is 0 Å². The lowest BCUT2D eigenvalue weighted by Gasteiger charge is -2.23. The van der Waals surface area contributed by atoms with Gasteiger partial charge in [-0.05, 0) is 36.4 Å². The summed E-state index contributed by atoms with van der Waals surface area (Å²) in [6, 6.07) is 10.6. The van der Waals surface area contributed by atoms with Gasteiger partial charge in [0.25, 0.3) is 5.91 Å². The number of nitrogens with two attached hydrogens (primary N) is 1. The Hall–Kier alpha value is -3.02. The Balaban J connectivity index is 1.99. The number of carbonyl (C=O) groups is 1. The molecule has 1 aliphatic rings. The zero-order valence-corrected chi connectivity index (χ0v) is 13.7. The number of methoxy groups -OCH3 is 2. The highest BCUT2D eigenvalue weighted by atomic mass is 16.5. The van der Waals surface area contributed by atoms with Crippen molar-refractivity contribution in [3.8, 4) is 11.5 Å². The molecule has 3 rings (SSSR count). The normalized spacial score (nSPS) is 13.2. The quantitative estimate of drug-likeness (QED) is 0.879. The van der Waals surface area contributed by atoms with Crippen molar-refractivity contribution >= 4 is 23.5 Å². The van der Waals surface area contributed by atoms with E-state index >= 15 is 0 Å². The summed E-state index contributed by atoms with van der Waals surface area (Å²) in [6.07, 6.45) is 1.76. The number of benzodiazepines with no additional fused rings is 1. The maximum atomic E-state index is 13.0. The van der Waals surface area contributed by atoms with Gasteiger partial charge in [0, 0.05) is 29.6 Å². The first-order chi connectivity index (χ1) is 11.6. The van der Waals surface area contributed by atoms with Crippen LogP contribution in [0.5, 0.6) is 11.5 Å². The van der Waals surface area contributed by atoms with Gasteiger partial charge in [-0.2, -0.15) is 0 Å². The van der Waals surface area contributed by atoms with Crippen molar-refractivity contribution in [2.45, 2.75) is 0 Å². The maximum Gasteiger partial charge on any atom is 0.258 e. The Morgan fingerprint density at radius 2 is 1.92 bits per heavy atom. The lowest BCUT2D eigenvalue weighted by molar-refractivity contribution is 0.0987. The van der Waals surface area contributed by atoms with Gasteiger partial charge in [0.15, 0.2) is 11.5 Å². The van der Waals surface area contributed by atoms with Gasteiger partial charge < -0.3 is 20.1 Å². The number of ether oxygens (including phenoxy) is 2. The van der Waals surface area contributed by atoms with E-state index in [1.54, 1.807) is 49.6 Å². The summed E-state index contributed by atoms with van der Waals surface area (Å²) in [5.41, 5.74) is 8.64. The third-order valence-corrected chi connectivity index (χ3v) is 3.90. The molecule has 0 atom stereocenters. The number of hydrogen-bond acceptors (Lipinski definition) is 5. The second kappa shape index (κ2) is 6.62. The van der Waals surface area contributed by atoms with Crippen LogP contribution in [0, 0.1) is 0 Å². The van der Waals surface area contributed by atoms with Crippen LogP contribution in [0.4, 0.5) is 11.4 Å². The van der Waals surface area contributed by atoms with Gasteiger partial charge >= 0.3 is 0 Å². The number of nitrogen functional groups attached to an aromatic ring is 1. The van der Waals surface area contributed by atoms with Gasteiger partial charge in [-0.25, -0.2) is 0 Å². The topological polar surface area (TPSA) is 77.2 Å². The number of fused-ring (bicyclic) bond motifs is 1. The number of rotatable bonds is 3. The number of carbonyl (C=O) groups excluding carboxylic acids is 1. The van der Waals surface area contributed by atoms with Crippen LogP contribution < -0.4 is 20.1 Å². The first kappa shape index (κ1) is 15.9. The third kappa shape index (κ3) is 2.90. The smallest absolute Gasteiger partial charge is 0.258 e. The van der Waals surface area contributed by atoms with E-state index in [-0.39, 0.29) is 5.91 Å². The summed E-state index contributed by atoms with van der Waals surface area (Å²) >= 11 is 0. The second-order valence-electron chi connectivity index (χ2n) is 5.38. The highest BCUT2D eigenvalue weighted by molar-refractivity contribution is 6.09. The van der Waals surface area contributed by atoms with Gasteiger partial charge in [-0.3, -0.25) is 9.79 Å². The molecule has 6 heteroatoms. The molecule has 0 fully saturated rings. The molecule has 1 amide bonds. The number of aliphatic imine (C=N–C) groups is 1. The Bertz CT molecular complexity index is 802. The van der Waals surface area contributed by atoms with Crippen LogP contribution in [0.15, 0.2) is 41.4 Å². The molecule has 1 heterocycles. The molecule has 2 N–H and O–H groups in total. The standard InChI is InChI=1S/C18H19N3O3/c1-23-16-6-3-12(10-17(16)24-2)18(22)21-8-7-20-11-13-9-14(19)4-5-15(13)21/h3-6,9-11H,7-8,19H2,1-2H3. The molecule has 0 saturated carbocycles. The molecule has 0 radical (unpaired) electrons. The number of benzene rings is 2. The lowest BCUT2D eigenvalue weighted by atomic mass is 10.1. The molecule has 0 unspecified atom stereocenters. The predicted molar refractivity (Wildman–Crippen MR) is 94.5 cm³/mol. The zero-order chi connectivity index (χ0) is 17.1. The van der Waals surface area contributed by atoms with E-state index in [0.29, 0.717) is 35.8 Å². The fraction of sp³-hybridized carbons (Fsp3) is 0.222. The molecule has 124 valence electrons. The summed E-state index contributed by atoms with van der Waals surface area (Å²) in [7, 11) is 3.11. The molecule has 0 spiro atoms. The van der Waals surface area contributed by atoms with Gasteiger partial charge in [-0.15, -0.1) is 0 Å². The van der Waals surface area contributed by atoms with Crippen molar-refractivity contribution in [3.63, 3.8) is 0 Å². The molecule has 24 heavy (non-hydrogen) atoms. The van der Waals surface area contributed by atoms with Crippen LogP contribution in [0.1, 0.15) is 15.9 Å². The van der Waals surface area contributed by atoms with E-state index in [1.165, 1.54) is 0 Å². The van der Waals surface area contributed by atoms with Gasteiger partial charge in [0.05, 0.1) is 26.5 Å². The first-order valence-corrected chi connectivity index (χ1v) is 7.57. The molecular formula is C18H19N3O3. The molecule has 2 aromatic rings. The molecular weight excluding hydrogens is 306 g/mol. The van der Waals surface area contributed by atoms with E-state index in [4.69, 9.17) is 15.2 Å². The van der Waals surface area contributed by atoms with Crippen molar-refractivity contribution in [1.29, 1.82) is 0 Å². The molecule has 2 aromatic carbocycles. The highest BCUT2D eigenvalue weighted by Crippen LogP contribution is 2.30. The zero-order valence-electron chi connectivity index (χ0n) is 13.7. The predicted octanol–water partition coefficient (Wildman–Crippen LogP) is 2.37. The van der Waals surface area contributed by atoms with Gasteiger partial charge in [0.2, 0.25) is 0 Å². The molecule has 0 aliphatic carbocycles. The summed E-state index contributed by atoms with van der Waals surface area (Å²) in [5, 5.41) is 0. The van der Waals surface area contributed by atoms with Crippen molar-refractivity contribution < 1.29 is 14.3 Å². The second-order valence-corrected chi connectivity index (χ2v) is 5.38. The van der Waals surface area contributed by atoms with E-state index in [1.807, 2.05) is 12.1 Å². The fourth-order valence-corrected chi connectivity index (χ4v) is 2.70. The summed E-state index contributed by atoms with van der Waals surface area (Å²) in [6.45, 7) is 1.04. The molecule has 0 bridgehead atoms. The maximum absolute atomic E-state index is 13.0. The summed E-state index contributed by atoms with van der Waals surface area (Å²) in [5.74, 6) is 0.987. The number of amides is 1. The van der Waals surface area contributed by atoms with E-state index in [0.717, 1.165) is 11.3 Å². The monoisotopic (exact) mass is 325 g/mol. The van der Waals surface area contributed by atoms with Gasteiger partial charge in [-0.1, -0.05) is 0 Å². The van der Waals surface area contributed by atoms with Crippen LogP contribution in [0.25, 0.3) is 0 Å². The minimum absolute atomic E-state index is 0.118. The van der Waals surface area contributed by atoms with Crippen molar-refractivity contribution in [2.75, 3.05) is 37.9 Å². The number of hydrogen-bond donors (Lipinski definition) is 1. The van der Waals surface area contributed by atoms with E-state index in [9.17, 15) is 4.79 Å². The number of anilines is 2. The van der Waals surface area contributed by atoms with E-state index in [2.05, 4.69) is 4.99 Å². The molecule has 0 saturated heterocycles. The van der Waals surface area contributed by atoms with Gasteiger partial charge in [0.1, 0.15) is 0 Å². The minimum Gasteiger partial charge on any atom is -0.493 e. The van der Waals surface area contributed by atoms with Crippen LogP contribution in [0.2, 0.25) is 0 Å². The lowest BCUT2D eigenvalue weighted by Crippen LogP contribution is -2.33. The largest absolute Gasteiger partial charge is 0.493 e. The SMILES string of the molecule is COc1ccc(C(=O)N2CCN=Cc3cc(N)ccc32)cc1OC. The van der Waals surface area contributed by atoms with Crippen molar-refractivity contribution in [2.24, 2.45) is 4.99 Å². The first-order valence-electron chi connectivity index (χ1n) is 7.57. The Labute approximate surface area is 140 Å². The van der Waals surface area contributed by atoms with E-state index < -0.39 is 0 Å². The third-order valence-electron chi connectivity index (χ3n) is 3.90. The minimum atomic E-state index is -0.118.